The fraction of sp³-hybridized carbons (Fsp3) is 0.200. The van der Waals surface area contributed by atoms with Gasteiger partial charge in [-0.2, -0.15) is 0 Å². The first kappa shape index (κ1) is 12.3. The van der Waals surface area contributed by atoms with Gasteiger partial charge in [-0.1, -0.05) is 48.5 Å². The summed E-state index contributed by atoms with van der Waals surface area (Å²) in [4.78, 5) is 0. The fourth-order valence-corrected chi connectivity index (χ4v) is 4.47. The van der Waals surface area contributed by atoms with Crippen LogP contribution in [0.15, 0.2) is 48.5 Å². The molecule has 0 unspecified atom stereocenters. The Labute approximate surface area is 132 Å². The van der Waals surface area contributed by atoms with Gasteiger partial charge in [-0.15, -0.1) is 0 Å². The van der Waals surface area contributed by atoms with Crippen molar-refractivity contribution in [3.8, 4) is 22.3 Å². The lowest BCUT2D eigenvalue weighted by Crippen LogP contribution is -2.29. The predicted molar refractivity (Wildman–Crippen MR) is 87.0 cm³/mol. The zero-order valence-electron chi connectivity index (χ0n) is 12.2. The molecule has 2 aliphatic carbocycles. The van der Waals surface area contributed by atoms with Crippen LogP contribution in [0.4, 0.5) is 0 Å². The number of aliphatic hydroxyl groups excluding tert-OH is 2. The third-order valence-electron chi connectivity index (χ3n) is 5.53. The van der Waals surface area contributed by atoms with E-state index in [9.17, 15) is 10.2 Å². The highest BCUT2D eigenvalue weighted by Gasteiger charge is 2.55. The van der Waals surface area contributed by atoms with Gasteiger partial charge < -0.3 is 14.9 Å². The van der Waals surface area contributed by atoms with E-state index >= 15 is 0 Å². The average Bonchev–Trinajstić information content (AvgIpc) is 3.32. The summed E-state index contributed by atoms with van der Waals surface area (Å²) in [6, 6.07) is 16.8. The number of ether oxygens (including phenoxy) is 1. The van der Waals surface area contributed by atoms with Crippen LogP contribution >= 0.6 is 0 Å². The Morgan fingerprint density at radius 2 is 1.61 bits per heavy atom. The van der Waals surface area contributed by atoms with E-state index in [4.69, 9.17) is 4.74 Å². The first-order valence-electron chi connectivity index (χ1n) is 7.96. The second-order valence-corrected chi connectivity index (χ2v) is 6.66. The van der Waals surface area contributed by atoms with E-state index in [1.807, 2.05) is 6.07 Å². The minimum atomic E-state index is -0.873. The second-order valence-electron chi connectivity index (χ2n) is 6.66. The number of epoxide rings is 1. The maximum Gasteiger partial charge on any atom is 0.118 e. The summed E-state index contributed by atoms with van der Waals surface area (Å²) in [5.41, 5.74) is 6.70. The van der Waals surface area contributed by atoms with Gasteiger partial charge in [0.2, 0.25) is 0 Å². The quantitative estimate of drug-likeness (QED) is 0.490. The lowest BCUT2D eigenvalue weighted by molar-refractivity contribution is 0.0000418. The first-order valence-corrected chi connectivity index (χ1v) is 7.96. The average molecular weight is 302 g/mol. The van der Waals surface area contributed by atoms with Gasteiger partial charge in [0.1, 0.15) is 24.4 Å². The van der Waals surface area contributed by atoms with Crippen molar-refractivity contribution in [2.75, 3.05) is 0 Å². The topological polar surface area (TPSA) is 53.0 Å². The number of hydrogen-bond acceptors (Lipinski definition) is 3. The predicted octanol–water partition coefficient (Wildman–Crippen LogP) is 3.34. The van der Waals surface area contributed by atoms with Crippen LogP contribution in [0, 0.1) is 0 Å². The second kappa shape index (κ2) is 3.82. The molecule has 0 spiro atoms. The highest BCUT2D eigenvalue weighted by molar-refractivity contribution is 6.16. The molecule has 2 N–H and O–H groups in total. The summed E-state index contributed by atoms with van der Waals surface area (Å²) in [7, 11) is 0. The molecule has 1 fully saturated rings. The van der Waals surface area contributed by atoms with Gasteiger partial charge >= 0.3 is 0 Å². The van der Waals surface area contributed by atoms with Gasteiger partial charge in [-0.3, -0.25) is 0 Å². The monoisotopic (exact) mass is 302 g/mol. The molecule has 1 heterocycles. The molecule has 6 rings (SSSR count). The molecule has 23 heavy (non-hydrogen) atoms. The van der Waals surface area contributed by atoms with E-state index in [0.717, 1.165) is 11.1 Å². The van der Waals surface area contributed by atoms with Crippen molar-refractivity contribution in [3.63, 3.8) is 0 Å². The number of hydrogen-bond donors (Lipinski definition) is 2. The Morgan fingerprint density at radius 1 is 0.826 bits per heavy atom. The highest BCUT2D eigenvalue weighted by Crippen LogP contribution is 2.58. The molecule has 112 valence electrons. The minimum Gasteiger partial charge on any atom is -0.387 e. The lowest BCUT2D eigenvalue weighted by atomic mass is 9.82. The maximum absolute atomic E-state index is 10.4. The normalized spacial score (nSPS) is 29.1. The molecule has 0 radical (unpaired) electrons. The van der Waals surface area contributed by atoms with E-state index in [1.54, 1.807) is 0 Å². The largest absolute Gasteiger partial charge is 0.387 e. The van der Waals surface area contributed by atoms with Crippen LogP contribution in [0.5, 0.6) is 0 Å². The Bertz CT molecular complexity index is 1000. The molecule has 3 aromatic rings. The zero-order chi connectivity index (χ0) is 15.3. The van der Waals surface area contributed by atoms with Crippen molar-refractivity contribution in [3.05, 3.63) is 59.7 Å². The lowest BCUT2D eigenvalue weighted by Gasteiger charge is -2.25. The number of aliphatic hydroxyl groups is 2. The molecule has 0 bridgehead atoms. The summed E-state index contributed by atoms with van der Waals surface area (Å²) >= 11 is 0. The number of rotatable bonds is 0. The van der Waals surface area contributed by atoms with Crippen LogP contribution in [0.25, 0.3) is 33.0 Å². The molecule has 0 amide bonds. The van der Waals surface area contributed by atoms with Crippen LogP contribution in [0.3, 0.4) is 0 Å². The summed E-state index contributed by atoms with van der Waals surface area (Å²) in [6.07, 6.45) is -2.07. The zero-order valence-corrected chi connectivity index (χ0v) is 12.2. The Kier molecular flexibility index (Phi) is 2.03. The maximum atomic E-state index is 10.4. The smallest absolute Gasteiger partial charge is 0.118 e. The Morgan fingerprint density at radius 3 is 2.43 bits per heavy atom. The van der Waals surface area contributed by atoms with E-state index in [2.05, 4.69) is 42.5 Å². The molecule has 1 saturated heterocycles. The van der Waals surface area contributed by atoms with Crippen LogP contribution in [0.2, 0.25) is 0 Å². The van der Waals surface area contributed by atoms with E-state index in [1.165, 1.54) is 33.0 Å². The molecular weight excluding hydrogens is 288 g/mol. The van der Waals surface area contributed by atoms with Crippen molar-refractivity contribution >= 4 is 10.8 Å². The van der Waals surface area contributed by atoms with Gasteiger partial charge in [-0.25, -0.2) is 0 Å². The molecule has 4 atom stereocenters. The molecule has 0 saturated carbocycles. The van der Waals surface area contributed by atoms with E-state index < -0.39 is 12.2 Å². The number of fused-ring (bicyclic) bond motifs is 7. The third-order valence-corrected chi connectivity index (χ3v) is 5.53. The molecule has 3 nitrogen and oxygen atoms in total. The number of benzene rings is 3. The molecule has 3 heteroatoms. The molecule has 0 aromatic heterocycles. The van der Waals surface area contributed by atoms with Crippen molar-refractivity contribution in [2.45, 2.75) is 24.4 Å². The fourth-order valence-electron chi connectivity index (χ4n) is 4.47. The summed E-state index contributed by atoms with van der Waals surface area (Å²) in [5.74, 6) is 0. The van der Waals surface area contributed by atoms with Gasteiger partial charge in [0.05, 0.1) is 0 Å². The molecular formula is C20H14O3. The van der Waals surface area contributed by atoms with Crippen LogP contribution in [-0.4, -0.2) is 22.4 Å². The van der Waals surface area contributed by atoms with Crippen molar-refractivity contribution in [1.29, 1.82) is 0 Å². The van der Waals surface area contributed by atoms with Gasteiger partial charge in [0.15, 0.2) is 0 Å². The van der Waals surface area contributed by atoms with Gasteiger partial charge in [-0.05, 0) is 44.2 Å². The Balaban J connectivity index is 1.76. The molecule has 3 aliphatic rings. The summed E-state index contributed by atoms with van der Waals surface area (Å²) < 4.78 is 5.70. The van der Waals surface area contributed by atoms with Crippen LogP contribution in [-0.2, 0) is 4.74 Å². The highest BCUT2D eigenvalue weighted by atomic mass is 16.6. The molecule has 1 aliphatic heterocycles. The van der Waals surface area contributed by atoms with Crippen molar-refractivity contribution < 1.29 is 14.9 Å². The minimum absolute atomic E-state index is 0.0945. The van der Waals surface area contributed by atoms with Crippen molar-refractivity contribution in [2.24, 2.45) is 0 Å². The van der Waals surface area contributed by atoms with Crippen LogP contribution in [0.1, 0.15) is 23.3 Å². The Hall–Kier alpha value is -2.20. The third kappa shape index (κ3) is 1.33. The van der Waals surface area contributed by atoms with Gasteiger partial charge in [0, 0.05) is 0 Å². The first-order chi connectivity index (χ1) is 11.3. The van der Waals surface area contributed by atoms with Crippen molar-refractivity contribution in [1.82, 2.24) is 0 Å². The summed E-state index contributed by atoms with van der Waals surface area (Å²) in [5, 5.41) is 23.1. The standard InChI is InChI=1S/C20H14O3/c21-17-13-8-7-11-10-5-1-3-9-4-2-6-12(14(9)10)15(11)16(13)19-20(23-19)18(17)22/h1-8,17-22H/t17-,18+,19-,20+/m0/s1. The van der Waals surface area contributed by atoms with E-state index in [-0.39, 0.29) is 12.2 Å². The summed E-state index contributed by atoms with van der Waals surface area (Å²) in [6.45, 7) is 0. The molecule has 3 aromatic carbocycles. The van der Waals surface area contributed by atoms with Gasteiger partial charge in [0.25, 0.3) is 0 Å². The SMILES string of the molecule is O[C@H]1[C@H]2O[C@H]2c2c(ccc3c2-c2cccc4cccc-3c24)[C@@H]1O. The van der Waals surface area contributed by atoms with E-state index in [0.29, 0.717) is 0 Å². The van der Waals surface area contributed by atoms with Crippen LogP contribution < -0.4 is 0 Å².